The fourth-order valence-electron chi connectivity index (χ4n) is 1.90. The first-order valence-electron chi connectivity index (χ1n) is 6.81. The van der Waals surface area contributed by atoms with Gasteiger partial charge in [-0.25, -0.2) is 0 Å². The Morgan fingerprint density at radius 2 is 1.83 bits per heavy atom. The summed E-state index contributed by atoms with van der Waals surface area (Å²) < 4.78 is 24.5. The summed E-state index contributed by atoms with van der Waals surface area (Å²) in [7, 11) is -4.04. The number of phenols is 1. The number of nitro groups is 1. The highest BCUT2D eigenvalue weighted by molar-refractivity contribution is 7.89. The molecule has 2 rings (SSSR count). The van der Waals surface area contributed by atoms with Crippen molar-refractivity contribution >= 4 is 21.4 Å². The Balaban J connectivity index is 2.28. The average molecular weight is 349 g/mol. The highest BCUT2D eigenvalue weighted by Crippen LogP contribution is 2.22. The van der Waals surface area contributed by atoms with Crippen molar-refractivity contribution in [1.29, 1.82) is 0 Å². The van der Waals surface area contributed by atoms with Gasteiger partial charge >= 0.3 is 0 Å². The van der Waals surface area contributed by atoms with Crippen LogP contribution in [0.4, 0.5) is 5.69 Å². The molecule has 24 heavy (non-hydrogen) atoms. The minimum Gasteiger partial charge on any atom is -0.508 e. The van der Waals surface area contributed by atoms with Crippen LogP contribution in [0.1, 0.15) is 18.1 Å². The molecule has 0 aliphatic rings. The van der Waals surface area contributed by atoms with Gasteiger partial charge in [0.1, 0.15) is 5.75 Å². The van der Waals surface area contributed by atoms with Crippen molar-refractivity contribution in [2.45, 2.75) is 18.7 Å². The zero-order valence-electron chi connectivity index (χ0n) is 12.9. The van der Waals surface area contributed by atoms with E-state index < -0.39 is 14.9 Å². The lowest BCUT2D eigenvalue weighted by molar-refractivity contribution is -0.385. The maximum Gasteiger partial charge on any atom is 0.276 e. The van der Waals surface area contributed by atoms with Gasteiger partial charge in [0, 0.05) is 11.6 Å². The fourth-order valence-corrected chi connectivity index (χ4v) is 2.78. The van der Waals surface area contributed by atoms with Crippen molar-refractivity contribution in [3.8, 4) is 5.75 Å². The first-order chi connectivity index (χ1) is 11.2. The number of nitrogens with zero attached hydrogens (tertiary/aromatic N) is 2. The third kappa shape index (κ3) is 3.87. The number of aromatic hydroxyl groups is 1. The number of rotatable bonds is 5. The first-order valence-corrected chi connectivity index (χ1v) is 8.29. The Morgan fingerprint density at radius 3 is 2.42 bits per heavy atom. The molecule has 9 heteroatoms. The monoisotopic (exact) mass is 349 g/mol. The molecular weight excluding hydrogens is 334 g/mol. The van der Waals surface area contributed by atoms with Crippen molar-refractivity contribution in [3.63, 3.8) is 0 Å². The van der Waals surface area contributed by atoms with Crippen LogP contribution in [-0.2, 0) is 10.0 Å². The first kappa shape index (κ1) is 17.4. The Morgan fingerprint density at radius 1 is 1.21 bits per heavy atom. The lowest BCUT2D eigenvalue weighted by atomic mass is 10.1. The molecule has 0 aliphatic carbocycles. The molecule has 0 spiro atoms. The molecule has 8 nitrogen and oxygen atoms in total. The summed E-state index contributed by atoms with van der Waals surface area (Å²) in [5.41, 5.74) is 1.07. The van der Waals surface area contributed by atoms with E-state index in [2.05, 4.69) is 5.10 Å². The molecule has 0 heterocycles. The number of hydrogen-bond donors (Lipinski definition) is 2. The van der Waals surface area contributed by atoms with E-state index in [1.54, 1.807) is 19.1 Å². The van der Waals surface area contributed by atoms with E-state index in [9.17, 15) is 23.6 Å². The van der Waals surface area contributed by atoms with Crippen LogP contribution in [0.5, 0.6) is 5.75 Å². The molecule has 0 amide bonds. The molecule has 0 aromatic heterocycles. The smallest absolute Gasteiger partial charge is 0.276 e. The summed E-state index contributed by atoms with van der Waals surface area (Å²) in [6.07, 6.45) is 0. The predicted molar refractivity (Wildman–Crippen MR) is 88.5 cm³/mol. The molecule has 2 aromatic rings. The van der Waals surface area contributed by atoms with Gasteiger partial charge in [-0.15, -0.1) is 0 Å². The zero-order valence-corrected chi connectivity index (χ0v) is 13.7. The minimum atomic E-state index is -4.04. The number of phenolic OH excluding ortho intramolecular Hbond substituents is 1. The molecule has 0 aliphatic heterocycles. The van der Waals surface area contributed by atoms with Crippen molar-refractivity contribution in [2.24, 2.45) is 5.10 Å². The zero-order chi connectivity index (χ0) is 17.9. The number of aryl methyl sites for hydroxylation is 1. The van der Waals surface area contributed by atoms with Gasteiger partial charge in [0.15, 0.2) is 0 Å². The quantitative estimate of drug-likeness (QED) is 0.487. The number of hydrogen-bond acceptors (Lipinski definition) is 6. The highest BCUT2D eigenvalue weighted by Gasteiger charge is 2.19. The lowest BCUT2D eigenvalue weighted by Gasteiger charge is -2.06. The number of nitrogens with one attached hydrogen (secondary N) is 1. The predicted octanol–water partition coefficient (Wildman–Crippen LogP) is 2.31. The van der Waals surface area contributed by atoms with Gasteiger partial charge in [-0.1, -0.05) is 6.07 Å². The Kier molecular flexibility index (Phi) is 4.84. The van der Waals surface area contributed by atoms with Gasteiger partial charge in [-0.2, -0.15) is 18.4 Å². The standard InChI is InChI=1S/C15H15N3O5S/c1-10-3-8-14(9-15(10)18(20)21)24(22,23)17-16-11(2)12-4-6-13(19)7-5-12/h3-9,17,19H,1-2H3. The molecule has 126 valence electrons. The van der Waals surface area contributed by atoms with Gasteiger partial charge in [0.25, 0.3) is 15.7 Å². The van der Waals surface area contributed by atoms with Gasteiger partial charge in [0.2, 0.25) is 0 Å². The SMILES string of the molecule is CC(=NNS(=O)(=O)c1ccc(C)c([N+](=O)[O-])c1)c1ccc(O)cc1. The maximum atomic E-state index is 12.2. The highest BCUT2D eigenvalue weighted by atomic mass is 32.2. The molecule has 0 unspecified atom stereocenters. The fraction of sp³-hybridized carbons (Fsp3) is 0.133. The van der Waals surface area contributed by atoms with Crippen LogP contribution < -0.4 is 4.83 Å². The normalized spacial score (nSPS) is 12.0. The van der Waals surface area contributed by atoms with E-state index in [1.807, 2.05) is 4.83 Å². The van der Waals surface area contributed by atoms with Gasteiger partial charge < -0.3 is 5.11 Å². The van der Waals surface area contributed by atoms with Gasteiger partial charge in [-0.05, 0) is 49.7 Å². The topological polar surface area (TPSA) is 122 Å². The largest absolute Gasteiger partial charge is 0.508 e. The van der Waals surface area contributed by atoms with Crippen LogP contribution in [-0.4, -0.2) is 24.2 Å². The summed E-state index contributed by atoms with van der Waals surface area (Å²) in [6, 6.07) is 9.69. The average Bonchev–Trinajstić information content (AvgIpc) is 2.53. The number of sulfonamides is 1. The number of hydrazone groups is 1. The van der Waals surface area contributed by atoms with E-state index in [-0.39, 0.29) is 16.3 Å². The minimum absolute atomic E-state index is 0.0825. The van der Waals surface area contributed by atoms with Crippen LogP contribution >= 0.6 is 0 Å². The van der Waals surface area contributed by atoms with Crippen molar-refractivity contribution in [3.05, 3.63) is 63.7 Å². The molecule has 2 aromatic carbocycles. The van der Waals surface area contributed by atoms with Crippen molar-refractivity contribution in [2.75, 3.05) is 0 Å². The molecule has 0 radical (unpaired) electrons. The van der Waals surface area contributed by atoms with Gasteiger partial charge in [0.05, 0.1) is 15.5 Å². The summed E-state index contributed by atoms with van der Waals surface area (Å²) >= 11 is 0. The molecule has 0 saturated carbocycles. The van der Waals surface area contributed by atoms with Crippen LogP contribution in [0.15, 0.2) is 52.5 Å². The summed E-state index contributed by atoms with van der Waals surface area (Å²) in [4.78, 5) is 12.1. The third-order valence-electron chi connectivity index (χ3n) is 3.31. The van der Waals surface area contributed by atoms with E-state index in [4.69, 9.17) is 0 Å². The second-order valence-corrected chi connectivity index (χ2v) is 6.71. The third-order valence-corrected chi connectivity index (χ3v) is 4.51. The number of benzene rings is 2. The Labute approximate surface area is 138 Å². The van der Waals surface area contributed by atoms with Crippen LogP contribution in [0.25, 0.3) is 0 Å². The molecule has 0 bridgehead atoms. The molecule has 0 fully saturated rings. The Hall–Kier alpha value is -2.94. The summed E-state index contributed by atoms with van der Waals surface area (Å²) in [5.74, 6) is 0.0825. The summed E-state index contributed by atoms with van der Waals surface area (Å²) in [6.45, 7) is 3.11. The number of nitro benzene ring substituents is 1. The molecule has 2 N–H and O–H groups in total. The van der Waals surface area contributed by atoms with E-state index in [1.165, 1.54) is 31.2 Å². The van der Waals surface area contributed by atoms with E-state index in [0.717, 1.165) is 6.07 Å². The van der Waals surface area contributed by atoms with Crippen LogP contribution in [0.3, 0.4) is 0 Å². The second kappa shape index (κ2) is 6.67. The van der Waals surface area contributed by atoms with E-state index in [0.29, 0.717) is 16.8 Å². The maximum absolute atomic E-state index is 12.2. The van der Waals surface area contributed by atoms with Gasteiger partial charge in [-0.3, -0.25) is 10.1 Å². The second-order valence-electron chi connectivity index (χ2n) is 5.04. The van der Waals surface area contributed by atoms with Crippen molar-refractivity contribution in [1.82, 2.24) is 4.83 Å². The lowest BCUT2D eigenvalue weighted by Crippen LogP contribution is -2.20. The molecule has 0 atom stereocenters. The molecular formula is C15H15N3O5S. The van der Waals surface area contributed by atoms with Crippen LogP contribution in [0.2, 0.25) is 0 Å². The Bertz CT molecular complexity index is 905. The van der Waals surface area contributed by atoms with E-state index >= 15 is 0 Å². The van der Waals surface area contributed by atoms with Crippen LogP contribution in [0, 0.1) is 17.0 Å². The van der Waals surface area contributed by atoms with Crippen molar-refractivity contribution < 1.29 is 18.4 Å². The molecule has 0 saturated heterocycles. The summed E-state index contributed by atoms with van der Waals surface area (Å²) in [5, 5.41) is 24.0.